The van der Waals surface area contributed by atoms with Crippen LogP contribution >= 0.6 is 11.8 Å². The molecular formula is C25H30N6O2S. The molecule has 1 N–H and O–H groups in total. The lowest BCUT2D eigenvalue weighted by molar-refractivity contribution is -0.131. The van der Waals surface area contributed by atoms with Crippen LogP contribution in [0.25, 0.3) is 5.69 Å². The van der Waals surface area contributed by atoms with E-state index in [-0.39, 0.29) is 17.6 Å². The first-order valence-corrected chi connectivity index (χ1v) is 12.8. The van der Waals surface area contributed by atoms with Gasteiger partial charge in [-0.15, -0.1) is 10.2 Å². The van der Waals surface area contributed by atoms with Crippen molar-refractivity contribution in [3.05, 3.63) is 60.2 Å². The van der Waals surface area contributed by atoms with Crippen molar-refractivity contribution >= 4 is 29.3 Å². The van der Waals surface area contributed by atoms with Gasteiger partial charge in [0.15, 0.2) is 11.0 Å². The van der Waals surface area contributed by atoms with Gasteiger partial charge in [-0.3, -0.25) is 19.1 Å². The summed E-state index contributed by atoms with van der Waals surface area (Å²) >= 11 is 1.31. The number of anilines is 1. The van der Waals surface area contributed by atoms with Crippen LogP contribution in [0.3, 0.4) is 0 Å². The summed E-state index contributed by atoms with van der Waals surface area (Å²) in [5.74, 6) is 0.894. The lowest BCUT2D eigenvalue weighted by atomic mass is 10.1. The van der Waals surface area contributed by atoms with Gasteiger partial charge in [0.1, 0.15) is 0 Å². The molecule has 8 nitrogen and oxygen atoms in total. The summed E-state index contributed by atoms with van der Waals surface area (Å²) < 4.78 is 1.89. The summed E-state index contributed by atoms with van der Waals surface area (Å²) in [6, 6.07) is 11.7. The maximum atomic E-state index is 12.6. The average Bonchev–Trinajstić information content (AvgIpc) is 3.14. The Morgan fingerprint density at radius 2 is 1.97 bits per heavy atom. The van der Waals surface area contributed by atoms with E-state index in [0.29, 0.717) is 23.9 Å². The lowest BCUT2D eigenvalue weighted by Crippen LogP contribution is -2.31. The van der Waals surface area contributed by atoms with Crippen molar-refractivity contribution in [1.82, 2.24) is 24.6 Å². The monoisotopic (exact) mass is 478 g/mol. The van der Waals surface area contributed by atoms with E-state index < -0.39 is 0 Å². The smallest absolute Gasteiger partial charge is 0.234 e. The number of thioether (sulfide) groups is 1. The van der Waals surface area contributed by atoms with Crippen LogP contribution in [0.5, 0.6) is 0 Å². The van der Waals surface area contributed by atoms with Crippen molar-refractivity contribution in [2.45, 2.75) is 57.1 Å². The normalized spacial score (nSPS) is 14.1. The molecule has 0 atom stereocenters. The molecule has 1 aromatic carbocycles. The molecule has 3 heterocycles. The van der Waals surface area contributed by atoms with Crippen molar-refractivity contribution in [3.63, 3.8) is 0 Å². The first kappa shape index (κ1) is 23.9. The van der Waals surface area contributed by atoms with E-state index in [9.17, 15) is 9.59 Å². The summed E-state index contributed by atoms with van der Waals surface area (Å²) in [5.41, 5.74) is 2.84. The summed E-state index contributed by atoms with van der Waals surface area (Å²) in [6.45, 7) is 3.26. The van der Waals surface area contributed by atoms with E-state index >= 15 is 0 Å². The van der Waals surface area contributed by atoms with E-state index in [4.69, 9.17) is 0 Å². The number of aromatic nitrogens is 4. The van der Waals surface area contributed by atoms with E-state index in [1.807, 2.05) is 45.9 Å². The molecule has 0 radical (unpaired) electrons. The highest BCUT2D eigenvalue weighted by Crippen LogP contribution is 2.24. The zero-order valence-corrected chi connectivity index (χ0v) is 20.3. The lowest BCUT2D eigenvalue weighted by Gasteiger charge is -2.20. The van der Waals surface area contributed by atoms with Gasteiger partial charge in [0.25, 0.3) is 0 Å². The molecule has 1 aliphatic heterocycles. The molecule has 4 rings (SSSR count). The van der Waals surface area contributed by atoms with Crippen LogP contribution in [0.4, 0.5) is 5.69 Å². The molecule has 178 valence electrons. The minimum Gasteiger partial charge on any atom is -0.335 e. The van der Waals surface area contributed by atoms with Crippen molar-refractivity contribution in [2.75, 3.05) is 17.6 Å². The molecule has 0 aliphatic carbocycles. The van der Waals surface area contributed by atoms with Crippen LogP contribution in [0.2, 0.25) is 0 Å². The number of aryl methyl sites for hydroxylation is 1. The Morgan fingerprint density at radius 3 is 2.74 bits per heavy atom. The number of hydrogen-bond donors (Lipinski definition) is 1. The Labute approximate surface area is 204 Å². The number of rotatable bonds is 9. The van der Waals surface area contributed by atoms with Gasteiger partial charge in [-0.05, 0) is 49.1 Å². The van der Waals surface area contributed by atoms with Crippen LogP contribution < -0.4 is 5.32 Å². The zero-order valence-electron chi connectivity index (χ0n) is 19.4. The third-order valence-electron chi connectivity index (χ3n) is 5.72. The molecule has 0 bridgehead atoms. The average molecular weight is 479 g/mol. The summed E-state index contributed by atoms with van der Waals surface area (Å²) in [6.07, 6.45) is 9.12. The molecule has 0 saturated carbocycles. The number of nitrogens with one attached hydrogen (secondary N) is 1. The highest BCUT2D eigenvalue weighted by molar-refractivity contribution is 7.99. The van der Waals surface area contributed by atoms with Gasteiger partial charge < -0.3 is 10.2 Å². The number of benzene rings is 1. The third-order valence-corrected chi connectivity index (χ3v) is 6.65. The molecule has 34 heavy (non-hydrogen) atoms. The second-order valence-corrected chi connectivity index (χ2v) is 9.30. The predicted octanol–water partition coefficient (Wildman–Crippen LogP) is 4.25. The number of pyridine rings is 1. The number of carbonyl (C=O) groups excluding carboxylic acids is 2. The second kappa shape index (κ2) is 11.8. The Balaban J connectivity index is 1.46. The predicted molar refractivity (Wildman–Crippen MR) is 133 cm³/mol. The number of amides is 2. The van der Waals surface area contributed by atoms with Gasteiger partial charge in [0.2, 0.25) is 11.8 Å². The number of likely N-dealkylation sites (tertiary alicyclic amines) is 1. The fourth-order valence-corrected chi connectivity index (χ4v) is 4.76. The number of hydrogen-bond acceptors (Lipinski definition) is 6. The minimum atomic E-state index is -0.113. The highest BCUT2D eigenvalue weighted by Gasteiger charge is 2.22. The van der Waals surface area contributed by atoms with Gasteiger partial charge in [-0.25, -0.2) is 0 Å². The highest BCUT2D eigenvalue weighted by atomic mass is 32.2. The maximum Gasteiger partial charge on any atom is 0.234 e. The van der Waals surface area contributed by atoms with E-state index in [2.05, 4.69) is 27.4 Å². The third kappa shape index (κ3) is 6.22. The molecule has 1 fully saturated rings. The molecule has 3 aromatic rings. The van der Waals surface area contributed by atoms with E-state index in [0.717, 1.165) is 50.0 Å². The molecule has 1 aliphatic rings. The second-order valence-electron chi connectivity index (χ2n) is 8.36. The summed E-state index contributed by atoms with van der Waals surface area (Å²) in [5, 5.41) is 12.3. The van der Waals surface area contributed by atoms with Crippen molar-refractivity contribution < 1.29 is 9.59 Å². The van der Waals surface area contributed by atoms with Crippen LogP contribution in [0.1, 0.15) is 50.4 Å². The fraction of sp³-hybridized carbons (Fsp3) is 0.400. The van der Waals surface area contributed by atoms with Crippen molar-refractivity contribution in [1.29, 1.82) is 0 Å². The molecule has 9 heteroatoms. The van der Waals surface area contributed by atoms with Crippen LogP contribution in [-0.4, -0.2) is 48.8 Å². The van der Waals surface area contributed by atoms with E-state index in [1.54, 1.807) is 12.4 Å². The van der Waals surface area contributed by atoms with Crippen LogP contribution in [0.15, 0.2) is 53.9 Å². The first-order chi connectivity index (χ1) is 16.6. The molecule has 0 unspecified atom stereocenters. The molecular weight excluding hydrogens is 448 g/mol. The summed E-state index contributed by atoms with van der Waals surface area (Å²) in [7, 11) is 0. The molecule has 2 amide bonds. The quantitative estimate of drug-likeness (QED) is 0.462. The fourth-order valence-electron chi connectivity index (χ4n) is 3.99. The van der Waals surface area contributed by atoms with Crippen molar-refractivity contribution in [3.8, 4) is 5.69 Å². The first-order valence-electron chi connectivity index (χ1n) is 11.8. The summed E-state index contributed by atoms with van der Waals surface area (Å²) in [4.78, 5) is 31.2. The Hall–Kier alpha value is -3.20. The molecule has 1 saturated heterocycles. The van der Waals surface area contributed by atoms with Gasteiger partial charge in [-0.1, -0.05) is 43.7 Å². The SMILES string of the molecule is CCCc1ccc(NC(=O)CSc2nnc(CN3CCCCCC3=O)n2-c2cccnc2)cc1. The Bertz CT molecular complexity index is 1100. The largest absolute Gasteiger partial charge is 0.335 e. The topological polar surface area (TPSA) is 93.0 Å². The van der Waals surface area contributed by atoms with Gasteiger partial charge in [-0.2, -0.15) is 0 Å². The van der Waals surface area contributed by atoms with Crippen LogP contribution in [-0.2, 0) is 22.6 Å². The molecule has 0 spiro atoms. The van der Waals surface area contributed by atoms with Gasteiger partial charge >= 0.3 is 0 Å². The minimum absolute atomic E-state index is 0.113. The number of nitrogens with zero attached hydrogens (tertiary/aromatic N) is 5. The van der Waals surface area contributed by atoms with Gasteiger partial charge in [0, 0.05) is 24.8 Å². The Kier molecular flexibility index (Phi) is 8.30. The van der Waals surface area contributed by atoms with Gasteiger partial charge in [0.05, 0.1) is 24.2 Å². The zero-order chi connectivity index (χ0) is 23.8. The maximum absolute atomic E-state index is 12.6. The Morgan fingerprint density at radius 1 is 1.12 bits per heavy atom. The molecule has 2 aromatic heterocycles. The standard InChI is InChI=1S/C25H30N6O2S/c1-2-7-19-10-12-20(13-11-19)27-23(32)18-34-25-29-28-22(31(25)21-8-6-14-26-16-21)17-30-15-5-3-4-9-24(30)33/h6,8,10-14,16H,2-5,7,9,15,17-18H2,1H3,(H,27,32). The number of carbonyl (C=O) groups is 2. The van der Waals surface area contributed by atoms with Crippen molar-refractivity contribution in [2.24, 2.45) is 0 Å². The van der Waals surface area contributed by atoms with Crippen LogP contribution in [0, 0.1) is 0 Å². The van der Waals surface area contributed by atoms with E-state index in [1.165, 1.54) is 17.3 Å².